The van der Waals surface area contributed by atoms with Crippen LogP contribution >= 0.6 is 11.3 Å². The molecule has 0 spiro atoms. The molecule has 0 fully saturated rings. The fourth-order valence-corrected chi connectivity index (χ4v) is 4.48. The monoisotopic (exact) mass is 410 g/mol. The Kier molecular flexibility index (Phi) is 6.39. The van der Waals surface area contributed by atoms with Crippen LogP contribution in [0.1, 0.15) is 56.8 Å². The summed E-state index contributed by atoms with van der Waals surface area (Å²) in [5, 5.41) is 10.3. The molecule has 0 saturated heterocycles. The summed E-state index contributed by atoms with van der Waals surface area (Å²) in [4.78, 5) is 12.0. The van der Waals surface area contributed by atoms with Gasteiger partial charge in [0.2, 0.25) is 15.4 Å². The van der Waals surface area contributed by atoms with Crippen molar-refractivity contribution in [3.63, 3.8) is 0 Å². The Morgan fingerprint density at radius 2 is 1.85 bits per heavy atom. The van der Waals surface area contributed by atoms with Crippen molar-refractivity contribution in [2.75, 3.05) is 5.32 Å². The van der Waals surface area contributed by atoms with E-state index in [9.17, 15) is 13.2 Å². The van der Waals surface area contributed by atoms with Crippen LogP contribution in [0.4, 0.5) is 5.13 Å². The van der Waals surface area contributed by atoms with Gasteiger partial charge in [0.25, 0.3) is 10.0 Å². The number of rotatable bonds is 6. The molecule has 1 aromatic heterocycles. The van der Waals surface area contributed by atoms with E-state index in [1.54, 1.807) is 20.8 Å². The van der Waals surface area contributed by atoms with Gasteiger partial charge in [0, 0.05) is 11.5 Å². The van der Waals surface area contributed by atoms with Crippen molar-refractivity contribution >= 4 is 32.4 Å². The molecule has 7 nitrogen and oxygen atoms in total. The molecule has 1 heterocycles. The predicted molar refractivity (Wildman–Crippen MR) is 107 cm³/mol. The van der Waals surface area contributed by atoms with Gasteiger partial charge in [0.15, 0.2) is 0 Å². The maximum atomic E-state index is 12.7. The number of sulfonamides is 1. The lowest BCUT2D eigenvalue weighted by atomic mass is 9.96. The van der Waals surface area contributed by atoms with Crippen LogP contribution in [0.5, 0.6) is 0 Å². The number of hydrogen-bond donors (Lipinski definition) is 2. The maximum Gasteiger partial charge on any atom is 0.270 e. The average molecular weight is 411 g/mol. The standard InChI is InChI=1S/C18H26N4O3S2/c1-7-14(13-9-8-11(2)12(3)10-13)22-27(24,25)17-21-20-16(26-17)19-15(23)18(4,5)6/h8-10,14,22H,7H2,1-6H3,(H,19,20,23)/t14-/m1/s1. The van der Waals surface area contributed by atoms with E-state index in [0.29, 0.717) is 6.42 Å². The van der Waals surface area contributed by atoms with Crippen molar-refractivity contribution in [3.05, 3.63) is 34.9 Å². The molecule has 2 N–H and O–H groups in total. The number of hydrogen-bond acceptors (Lipinski definition) is 6. The molecule has 0 radical (unpaired) electrons. The molecular weight excluding hydrogens is 384 g/mol. The number of nitrogens with one attached hydrogen (secondary N) is 2. The summed E-state index contributed by atoms with van der Waals surface area (Å²) in [6, 6.07) is 5.52. The van der Waals surface area contributed by atoms with E-state index in [2.05, 4.69) is 20.2 Å². The van der Waals surface area contributed by atoms with Gasteiger partial charge < -0.3 is 5.32 Å². The van der Waals surface area contributed by atoms with E-state index in [1.807, 2.05) is 39.0 Å². The Hall–Kier alpha value is -1.84. The molecule has 0 saturated carbocycles. The Bertz CT molecular complexity index is 930. The van der Waals surface area contributed by atoms with Crippen LogP contribution < -0.4 is 10.0 Å². The third-order valence-electron chi connectivity index (χ3n) is 4.18. The first-order chi connectivity index (χ1) is 12.4. The van der Waals surface area contributed by atoms with Gasteiger partial charge in [-0.2, -0.15) is 0 Å². The number of benzene rings is 1. The number of amides is 1. The zero-order valence-corrected chi connectivity index (χ0v) is 18.1. The molecule has 0 aliphatic carbocycles. The zero-order chi connectivity index (χ0) is 20.4. The Balaban J connectivity index is 2.20. The van der Waals surface area contributed by atoms with Crippen molar-refractivity contribution in [1.82, 2.24) is 14.9 Å². The van der Waals surface area contributed by atoms with Gasteiger partial charge in [-0.05, 0) is 37.0 Å². The average Bonchev–Trinajstić information content (AvgIpc) is 3.04. The van der Waals surface area contributed by atoms with Gasteiger partial charge in [-0.25, -0.2) is 13.1 Å². The molecule has 148 valence electrons. The van der Waals surface area contributed by atoms with E-state index < -0.39 is 15.4 Å². The Morgan fingerprint density at radius 3 is 2.41 bits per heavy atom. The molecule has 0 unspecified atom stereocenters. The van der Waals surface area contributed by atoms with Gasteiger partial charge in [-0.3, -0.25) is 4.79 Å². The summed E-state index contributed by atoms with van der Waals surface area (Å²) in [7, 11) is -3.85. The molecule has 1 atom stereocenters. The lowest BCUT2D eigenvalue weighted by molar-refractivity contribution is -0.123. The zero-order valence-electron chi connectivity index (χ0n) is 16.5. The highest BCUT2D eigenvalue weighted by molar-refractivity contribution is 7.91. The van der Waals surface area contributed by atoms with Crippen LogP contribution in [-0.2, 0) is 14.8 Å². The van der Waals surface area contributed by atoms with Gasteiger partial charge in [0.1, 0.15) is 0 Å². The summed E-state index contributed by atoms with van der Waals surface area (Å²) in [6.45, 7) is 11.2. The highest BCUT2D eigenvalue weighted by Crippen LogP contribution is 2.26. The van der Waals surface area contributed by atoms with Crippen LogP contribution in [-0.4, -0.2) is 24.5 Å². The highest BCUT2D eigenvalue weighted by Gasteiger charge is 2.27. The quantitative estimate of drug-likeness (QED) is 0.709. The minimum absolute atomic E-state index is 0.162. The summed E-state index contributed by atoms with van der Waals surface area (Å²) in [6.07, 6.45) is 0.591. The third-order valence-corrected chi connectivity index (χ3v) is 6.85. The van der Waals surface area contributed by atoms with E-state index in [4.69, 9.17) is 0 Å². The molecule has 27 heavy (non-hydrogen) atoms. The fraction of sp³-hybridized carbons (Fsp3) is 0.500. The summed E-state index contributed by atoms with van der Waals surface area (Å²) in [5.74, 6) is -0.253. The topological polar surface area (TPSA) is 101 Å². The second kappa shape index (κ2) is 8.04. The van der Waals surface area contributed by atoms with Crippen LogP contribution in [0.15, 0.2) is 22.5 Å². The molecule has 2 aromatic rings. The van der Waals surface area contributed by atoms with Crippen LogP contribution in [0.2, 0.25) is 0 Å². The number of carbonyl (C=O) groups is 1. The number of aryl methyl sites for hydroxylation is 2. The van der Waals surface area contributed by atoms with E-state index in [1.165, 1.54) is 0 Å². The number of aromatic nitrogens is 2. The van der Waals surface area contributed by atoms with Crippen LogP contribution in [0.25, 0.3) is 0 Å². The molecule has 2 rings (SSSR count). The SMILES string of the molecule is CC[C@@H](NS(=O)(=O)c1nnc(NC(=O)C(C)(C)C)s1)c1ccc(C)c(C)c1. The Labute approximate surface area is 164 Å². The molecule has 9 heteroatoms. The molecule has 0 aliphatic rings. The van der Waals surface area contributed by atoms with Crippen molar-refractivity contribution < 1.29 is 13.2 Å². The first-order valence-electron chi connectivity index (χ1n) is 8.68. The second-order valence-corrected chi connectivity index (χ2v) is 10.4. The van der Waals surface area contributed by atoms with Crippen molar-refractivity contribution in [3.8, 4) is 0 Å². The molecule has 0 aliphatic heterocycles. The van der Waals surface area contributed by atoms with Gasteiger partial charge in [0.05, 0.1) is 0 Å². The summed E-state index contributed by atoms with van der Waals surface area (Å²) >= 11 is 0.833. The lowest BCUT2D eigenvalue weighted by Crippen LogP contribution is -2.28. The van der Waals surface area contributed by atoms with Gasteiger partial charge in [-0.1, -0.05) is 57.2 Å². The molecular formula is C18H26N4O3S2. The van der Waals surface area contributed by atoms with E-state index >= 15 is 0 Å². The second-order valence-electron chi connectivity index (χ2n) is 7.50. The van der Waals surface area contributed by atoms with Crippen LogP contribution in [0, 0.1) is 19.3 Å². The number of nitrogens with zero attached hydrogens (tertiary/aromatic N) is 2. The normalized spacial score (nSPS) is 13.4. The van der Waals surface area contributed by atoms with Gasteiger partial charge >= 0.3 is 0 Å². The Morgan fingerprint density at radius 1 is 1.19 bits per heavy atom. The molecule has 0 bridgehead atoms. The third kappa shape index (κ3) is 5.33. The summed E-state index contributed by atoms with van der Waals surface area (Å²) in [5.41, 5.74) is 2.54. The molecule has 1 amide bonds. The van der Waals surface area contributed by atoms with Gasteiger partial charge in [-0.15, -0.1) is 10.2 Å². The van der Waals surface area contributed by atoms with Crippen molar-refractivity contribution in [1.29, 1.82) is 0 Å². The first-order valence-corrected chi connectivity index (χ1v) is 11.0. The minimum atomic E-state index is -3.85. The number of carbonyl (C=O) groups excluding carboxylic acids is 1. The van der Waals surface area contributed by atoms with Crippen molar-refractivity contribution in [2.45, 2.75) is 58.3 Å². The highest BCUT2D eigenvalue weighted by atomic mass is 32.2. The summed E-state index contributed by atoms with van der Waals surface area (Å²) < 4.78 is 27.9. The largest absolute Gasteiger partial charge is 0.300 e. The fourth-order valence-electron chi connectivity index (χ4n) is 2.26. The smallest absolute Gasteiger partial charge is 0.270 e. The van der Waals surface area contributed by atoms with Crippen LogP contribution in [0.3, 0.4) is 0 Å². The first kappa shape index (κ1) is 21.5. The number of anilines is 1. The van der Waals surface area contributed by atoms with Crippen molar-refractivity contribution in [2.24, 2.45) is 5.41 Å². The predicted octanol–water partition coefficient (Wildman–Crippen LogP) is 3.57. The maximum absolute atomic E-state index is 12.7. The lowest BCUT2D eigenvalue weighted by Gasteiger charge is -2.17. The molecule has 1 aromatic carbocycles. The van der Waals surface area contributed by atoms with E-state index in [0.717, 1.165) is 28.0 Å². The minimum Gasteiger partial charge on any atom is -0.300 e. The van der Waals surface area contributed by atoms with E-state index in [-0.39, 0.29) is 21.4 Å².